The number of alkyl halides is 2. The fourth-order valence-corrected chi connectivity index (χ4v) is 3.95. The average molecular weight is 342 g/mol. The molecule has 2 aliphatic carbocycles. The van der Waals surface area contributed by atoms with Crippen LogP contribution in [0.1, 0.15) is 45.4 Å². The zero-order chi connectivity index (χ0) is 16.8. The molecule has 0 amide bonds. The molecule has 4 atom stereocenters. The molecular formula is C13H20F2O6S. The summed E-state index contributed by atoms with van der Waals surface area (Å²) in [4.78, 5) is 11.3. The van der Waals surface area contributed by atoms with Gasteiger partial charge in [0, 0.05) is 0 Å². The summed E-state index contributed by atoms with van der Waals surface area (Å²) in [5.74, 6) is -2.17. The third kappa shape index (κ3) is 3.26. The molecule has 0 spiro atoms. The monoisotopic (exact) mass is 342 g/mol. The SMILES string of the molecule is CC1(O)CCCC1C1CCC(OC(=O)C(F)(F)S(=O)(=O)O)C1. The molecule has 9 heteroatoms. The third-order valence-corrected chi connectivity index (χ3v) is 5.64. The van der Waals surface area contributed by atoms with Gasteiger partial charge in [-0.1, -0.05) is 6.42 Å². The molecule has 0 aromatic rings. The van der Waals surface area contributed by atoms with E-state index in [4.69, 9.17) is 4.55 Å². The molecule has 0 radical (unpaired) electrons. The van der Waals surface area contributed by atoms with Crippen LogP contribution in [0, 0.1) is 11.8 Å². The Bertz CT molecular complexity index is 545. The molecule has 6 nitrogen and oxygen atoms in total. The maximum atomic E-state index is 13.1. The van der Waals surface area contributed by atoms with Crippen LogP contribution in [-0.2, 0) is 19.6 Å². The van der Waals surface area contributed by atoms with Crippen LogP contribution in [0.2, 0.25) is 0 Å². The standard InChI is InChI=1S/C13H20F2O6S/c1-12(17)6-2-3-10(12)8-4-5-9(7-8)21-11(16)13(14,15)22(18,19)20/h8-10,17H,2-7H2,1H3,(H,18,19,20). The predicted octanol–water partition coefficient (Wildman–Crippen LogP) is 1.73. The van der Waals surface area contributed by atoms with E-state index in [1.54, 1.807) is 6.92 Å². The van der Waals surface area contributed by atoms with Gasteiger partial charge in [0.15, 0.2) is 0 Å². The van der Waals surface area contributed by atoms with Gasteiger partial charge in [-0.2, -0.15) is 17.2 Å². The maximum absolute atomic E-state index is 13.1. The molecule has 0 bridgehead atoms. The summed E-state index contributed by atoms with van der Waals surface area (Å²) in [6, 6.07) is 0. The second-order valence-electron chi connectivity index (χ2n) is 6.45. The Hall–Kier alpha value is -0.800. The van der Waals surface area contributed by atoms with Gasteiger partial charge in [0.25, 0.3) is 0 Å². The van der Waals surface area contributed by atoms with Gasteiger partial charge in [-0.15, -0.1) is 0 Å². The first kappa shape index (κ1) is 17.6. The molecule has 2 fully saturated rings. The van der Waals surface area contributed by atoms with Crippen LogP contribution in [0.25, 0.3) is 0 Å². The van der Waals surface area contributed by atoms with Crippen LogP contribution < -0.4 is 0 Å². The predicted molar refractivity (Wildman–Crippen MR) is 71.7 cm³/mol. The van der Waals surface area contributed by atoms with Crippen molar-refractivity contribution in [3.05, 3.63) is 0 Å². The molecule has 0 aromatic carbocycles. The second-order valence-corrected chi connectivity index (χ2v) is 7.91. The minimum absolute atomic E-state index is 0.0262. The molecular weight excluding hydrogens is 322 g/mol. The van der Waals surface area contributed by atoms with Crippen molar-refractivity contribution in [2.45, 2.75) is 62.4 Å². The lowest BCUT2D eigenvalue weighted by Crippen LogP contribution is -2.40. The summed E-state index contributed by atoms with van der Waals surface area (Å²) in [7, 11) is -5.84. The molecule has 2 aliphatic rings. The Kier molecular flexibility index (Phi) is 4.53. The Balaban J connectivity index is 1.96. The molecule has 2 rings (SSSR count). The molecule has 0 heterocycles. The van der Waals surface area contributed by atoms with E-state index >= 15 is 0 Å². The highest BCUT2D eigenvalue weighted by molar-refractivity contribution is 7.87. The smallest absolute Gasteiger partial charge is 0.457 e. The lowest BCUT2D eigenvalue weighted by Gasteiger charge is -2.30. The van der Waals surface area contributed by atoms with Gasteiger partial charge in [0.2, 0.25) is 0 Å². The number of halogens is 2. The van der Waals surface area contributed by atoms with E-state index in [0.29, 0.717) is 25.7 Å². The topological polar surface area (TPSA) is 101 Å². The fourth-order valence-electron chi connectivity index (χ4n) is 3.69. The van der Waals surface area contributed by atoms with E-state index < -0.39 is 33.0 Å². The fraction of sp³-hybridized carbons (Fsp3) is 0.923. The summed E-state index contributed by atoms with van der Waals surface area (Å²) < 4.78 is 60.2. The van der Waals surface area contributed by atoms with Gasteiger partial charge in [0.1, 0.15) is 6.10 Å². The Morgan fingerprint density at radius 1 is 1.32 bits per heavy atom. The maximum Gasteiger partial charge on any atom is 0.465 e. The molecule has 0 aliphatic heterocycles. The number of ether oxygens (including phenoxy) is 1. The zero-order valence-corrected chi connectivity index (χ0v) is 13.0. The summed E-state index contributed by atoms with van der Waals surface area (Å²) in [6.07, 6.45) is 2.86. The van der Waals surface area contributed by atoms with Crippen LogP contribution in [0.4, 0.5) is 8.78 Å². The molecule has 128 valence electrons. The van der Waals surface area contributed by atoms with E-state index in [1.807, 2.05) is 0 Å². The van der Waals surface area contributed by atoms with Crippen molar-refractivity contribution in [1.82, 2.24) is 0 Å². The number of carbonyl (C=O) groups is 1. The number of hydrogen-bond acceptors (Lipinski definition) is 5. The Morgan fingerprint density at radius 3 is 2.45 bits per heavy atom. The molecule has 0 aromatic heterocycles. The molecule has 2 N–H and O–H groups in total. The summed E-state index contributed by atoms with van der Waals surface area (Å²) in [5, 5.41) is 5.32. The molecule has 22 heavy (non-hydrogen) atoms. The second kappa shape index (κ2) is 5.68. The van der Waals surface area contributed by atoms with Crippen LogP contribution in [0.15, 0.2) is 0 Å². The van der Waals surface area contributed by atoms with Gasteiger partial charge >= 0.3 is 21.3 Å². The van der Waals surface area contributed by atoms with E-state index in [9.17, 15) is 27.1 Å². The lowest BCUT2D eigenvalue weighted by atomic mass is 9.81. The first-order chi connectivity index (χ1) is 9.95. The van der Waals surface area contributed by atoms with Crippen molar-refractivity contribution in [2.75, 3.05) is 0 Å². The van der Waals surface area contributed by atoms with E-state index in [1.165, 1.54) is 0 Å². The van der Waals surface area contributed by atoms with Crippen molar-refractivity contribution in [2.24, 2.45) is 11.8 Å². The number of hydrogen-bond donors (Lipinski definition) is 2. The number of carbonyl (C=O) groups excluding carboxylic acids is 1. The average Bonchev–Trinajstić information content (AvgIpc) is 2.93. The number of aliphatic hydroxyl groups is 1. The number of esters is 1. The summed E-state index contributed by atoms with van der Waals surface area (Å²) >= 11 is 0. The van der Waals surface area contributed by atoms with Crippen molar-refractivity contribution >= 4 is 16.1 Å². The lowest BCUT2D eigenvalue weighted by molar-refractivity contribution is -0.167. The van der Waals surface area contributed by atoms with Crippen molar-refractivity contribution < 1.29 is 36.4 Å². The molecule has 2 saturated carbocycles. The molecule has 4 unspecified atom stereocenters. The van der Waals surface area contributed by atoms with Crippen LogP contribution >= 0.6 is 0 Å². The number of rotatable bonds is 4. The van der Waals surface area contributed by atoms with Gasteiger partial charge in [-0.25, -0.2) is 4.79 Å². The summed E-state index contributed by atoms with van der Waals surface area (Å²) in [6.45, 7) is 1.75. The van der Waals surface area contributed by atoms with Crippen molar-refractivity contribution in [3.8, 4) is 0 Å². The van der Waals surface area contributed by atoms with E-state index in [-0.39, 0.29) is 11.8 Å². The van der Waals surface area contributed by atoms with Gasteiger partial charge in [0.05, 0.1) is 5.60 Å². The Morgan fingerprint density at radius 2 is 1.95 bits per heavy atom. The third-order valence-electron chi connectivity index (χ3n) is 4.83. The zero-order valence-electron chi connectivity index (χ0n) is 12.2. The van der Waals surface area contributed by atoms with Crippen molar-refractivity contribution in [1.29, 1.82) is 0 Å². The van der Waals surface area contributed by atoms with Crippen LogP contribution in [-0.4, -0.2) is 41.0 Å². The minimum Gasteiger partial charge on any atom is -0.457 e. The van der Waals surface area contributed by atoms with Gasteiger partial charge in [-0.3, -0.25) is 4.55 Å². The highest BCUT2D eigenvalue weighted by Crippen LogP contribution is 2.46. The van der Waals surface area contributed by atoms with Crippen LogP contribution in [0.5, 0.6) is 0 Å². The highest BCUT2D eigenvalue weighted by atomic mass is 32.2. The van der Waals surface area contributed by atoms with Gasteiger partial charge < -0.3 is 9.84 Å². The quantitative estimate of drug-likeness (QED) is 0.596. The Labute approximate surface area is 127 Å². The molecule has 0 saturated heterocycles. The summed E-state index contributed by atoms with van der Waals surface area (Å²) in [5.41, 5.74) is -0.804. The van der Waals surface area contributed by atoms with E-state index in [2.05, 4.69) is 4.74 Å². The normalized spacial score (nSPS) is 36.5. The minimum atomic E-state index is -5.84. The highest BCUT2D eigenvalue weighted by Gasteiger charge is 2.55. The van der Waals surface area contributed by atoms with Crippen LogP contribution in [0.3, 0.4) is 0 Å². The van der Waals surface area contributed by atoms with Crippen molar-refractivity contribution in [3.63, 3.8) is 0 Å². The van der Waals surface area contributed by atoms with Gasteiger partial charge in [-0.05, 0) is 50.9 Å². The van der Waals surface area contributed by atoms with E-state index in [0.717, 1.165) is 12.8 Å². The first-order valence-corrected chi connectivity index (χ1v) is 8.67. The first-order valence-electron chi connectivity index (χ1n) is 7.23. The largest absolute Gasteiger partial charge is 0.465 e.